The molecule has 1 saturated heterocycles. The number of aromatic nitrogens is 4. The van der Waals surface area contributed by atoms with Gasteiger partial charge in [-0.3, -0.25) is 13.9 Å². The number of carbonyl (C=O) groups excluding carboxylic acids is 1. The van der Waals surface area contributed by atoms with Gasteiger partial charge < -0.3 is 34.7 Å². The summed E-state index contributed by atoms with van der Waals surface area (Å²) in [6.45, 7) is 3.20. The summed E-state index contributed by atoms with van der Waals surface area (Å²) in [4.78, 5) is 25.2. The lowest BCUT2D eigenvalue weighted by atomic mass is 9.93. The smallest absolute Gasteiger partial charge is 0.459 e. The van der Waals surface area contributed by atoms with Gasteiger partial charge in [0.05, 0.1) is 12.9 Å². The van der Waals surface area contributed by atoms with Crippen LogP contribution in [0, 0.1) is 0 Å². The van der Waals surface area contributed by atoms with Gasteiger partial charge in [-0.15, -0.1) is 0 Å². The van der Waals surface area contributed by atoms with E-state index in [9.17, 15) is 19.6 Å². The number of halogens is 1. The van der Waals surface area contributed by atoms with Crippen LogP contribution in [-0.2, 0) is 23.4 Å². The number of carbonyl (C=O) groups is 1. The van der Waals surface area contributed by atoms with Crippen LogP contribution in [0.2, 0.25) is 0 Å². The van der Waals surface area contributed by atoms with E-state index >= 15 is 4.39 Å². The quantitative estimate of drug-likeness (QED) is 0.164. The number of imidazole rings is 1. The summed E-state index contributed by atoms with van der Waals surface area (Å²) in [5.41, 5.74) is 3.41. The molecule has 2 unspecified atom stereocenters. The topological polar surface area (TPSA) is 202 Å². The van der Waals surface area contributed by atoms with Crippen molar-refractivity contribution in [3.63, 3.8) is 0 Å². The van der Waals surface area contributed by atoms with Crippen LogP contribution in [0.25, 0.3) is 11.2 Å². The number of alkyl halides is 1. The molecule has 1 saturated carbocycles. The Morgan fingerprint density at radius 1 is 1.27 bits per heavy atom. The lowest BCUT2D eigenvalue weighted by molar-refractivity contribution is -0.234. The van der Waals surface area contributed by atoms with Gasteiger partial charge in [0.2, 0.25) is 11.8 Å². The van der Waals surface area contributed by atoms with Gasteiger partial charge in [0.15, 0.2) is 23.0 Å². The first-order chi connectivity index (χ1) is 21.4. The van der Waals surface area contributed by atoms with E-state index in [1.54, 1.807) is 25.1 Å². The van der Waals surface area contributed by atoms with Gasteiger partial charge in [-0.25, -0.2) is 13.9 Å². The summed E-state index contributed by atoms with van der Waals surface area (Å²) >= 11 is 0. The Morgan fingerprint density at radius 2 is 1.98 bits per heavy atom. The minimum Gasteiger partial charge on any atom is -0.476 e. The van der Waals surface area contributed by atoms with Crippen molar-refractivity contribution in [2.75, 3.05) is 18.9 Å². The third-order valence-corrected chi connectivity index (χ3v) is 9.42. The van der Waals surface area contributed by atoms with E-state index in [2.05, 4.69) is 20.0 Å². The molecule has 0 radical (unpaired) electrons. The van der Waals surface area contributed by atoms with Gasteiger partial charge in [-0.1, -0.05) is 24.6 Å². The predicted molar refractivity (Wildman–Crippen MR) is 158 cm³/mol. The average Bonchev–Trinajstić information content (AvgIpc) is 3.50. The normalized spacial score (nSPS) is 27.6. The Balaban J connectivity index is 1.37. The standard InChI is InChI=1S/C28H38FN6O9P/c1-4-40-23-20-22(32-26(30)33-23)35(16-31-20)24-21(36)27(3,38)28(29,43-24)15-41-45(39,44-19-13-9-6-10-14-19)34-17(2)25(37)42-18-11-7-5-8-12-18/h6,9-10,13-14,16-18,21,24,36,38H,4-5,7-8,11-12,15H2,1-3H3,(H,34,39)(H2,30,32,33)/t17?,21-,24+,27-,28+,45?/m0/s1. The fourth-order valence-corrected chi connectivity index (χ4v) is 6.71. The molecule has 3 heterocycles. The van der Waals surface area contributed by atoms with E-state index in [4.69, 9.17) is 29.0 Å². The molecular weight excluding hydrogens is 614 g/mol. The Kier molecular flexibility index (Phi) is 9.63. The number of ether oxygens (including phenoxy) is 3. The van der Waals surface area contributed by atoms with Gasteiger partial charge in [0, 0.05) is 0 Å². The maximum Gasteiger partial charge on any atom is 0.459 e. The van der Waals surface area contributed by atoms with Crippen LogP contribution >= 0.6 is 7.75 Å². The van der Waals surface area contributed by atoms with Crippen LogP contribution in [0.15, 0.2) is 36.7 Å². The summed E-state index contributed by atoms with van der Waals surface area (Å²) in [5, 5.41) is 24.8. The zero-order chi connectivity index (χ0) is 32.4. The highest BCUT2D eigenvalue weighted by molar-refractivity contribution is 7.52. The molecule has 2 aromatic heterocycles. The van der Waals surface area contributed by atoms with E-state index in [0.717, 1.165) is 43.6 Å². The molecule has 17 heteroatoms. The lowest BCUT2D eigenvalue weighted by Gasteiger charge is -2.33. The third kappa shape index (κ3) is 6.90. The molecular formula is C28H38FN6O9P. The Labute approximate surface area is 258 Å². The van der Waals surface area contributed by atoms with Crippen molar-refractivity contribution in [1.82, 2.24) is 24.6 Å². The zero-order valence-corrected chi connectivity index (χ0v) is 26.1. The van der Waals surface area contributed by atoms with Gasteiger partial charge in [-0.2, -0.15) is 15.1 Å². The first kappa shape index (κ1) is 33.0. The molecule has 5 N–H and O–H groups in total. The molecule has 45 heavy (non-hydrogen) atoms. The molecule has 1 aliphatic heterocycles. The summed E-state index contributed by atoms with van der Waals surface area (Å²) in [7, 11) is -4.55. The van der Waals surface area contributed by atoms with Gasteiger partial charge >= 0.3 is 13.7 Å². The second-order valence-corrected chi connectivity index (χ2v) is 12.9. The predicted octanol–water partition coefficient (Wildman–Crippen LogP) is 3.17. The molecule has 0 spiro atoms. The molecule has 2 aliphatic rings. The van der Waals surface area contributed by atoms with Gasteiger partial charge in [0.1, 0.15) is 30.6 Å². The summed E-state index contributed by atoms with van der Waals surface area (Å²) in [6, 6.07) is 6.74. The number of hydrogen-bond donors (Lipinski definition) is 4. The maximum absolute atomic E-state index is 16.6. The molecule has 3 aromatic rings. The highest BCUT2D eigenvalue weighted by Gasteiger charge is 2.65. The highest BCUT2D eigenvalue weighted by atomic mass is 31.2. The van der Waals surface area contributed by atoms with Crippen molar-refractivity contribution in [1.29, 1.82) is 0 Å². The average molecular weight is 653 g/mol. The number of nitrogens with zero attached hydrogens (tertiary/aromatic N) is 4. The van der Waals surface area contributed by atoms with Crippen LogP contribution in [0.3, 0.4) is 0 Å². The van der Waals surface area contributed by atoms with Crippen LogP contribution in [0.4, 0.5) is 10.3 Å². The molecule has 1 aliphatic carbocycles. The fraction of sp³-hybridized carbons (Fsp3) is 0.571. The van der Waals surface area contributed by atoms with Gasteiger partial charge in [0.25, 0.3) is 5.85 Å². The Hall–Kier alpha value is -3.40. The molecule has 6 atom stereocenters. The minimum absolute atomic E-state index is 0.0426. The van der Waals surface area contributed by atoms with Crippen molar-refractivity contribution in [2.45, 2.75) is 88.8 Å². The van der Waals surface area contributed by atoms with Crippen LogP contribution in [-0.4, -0.2) is 78.6 Å². The van der Waals surface area contributed by atoms with Crippen molar-refractivity contribution in [2.24, 2.45) is 0 Å². The van der Waals surface area contributed by atoms with E-state index in [0.29, 0.717) is 0 Å². The summed E-state index contributed by atoms with van der Waals surface area (Å²) in [6.07, 6.45) is 1.84. The van der Waals surface area contributed by atoms with Crippen molar-refractivity contribution in [3.8, 4) is 11.6 Å². The fourth-order valence-electron chi connectivity index (χ4n) is 5.21. The van der Waals surface area contributed by atoms with Crippen LogP contribution < -0.4 is 20.1 Å². The number of anilines is 1. The molecule has 5 rings (SSSR count). The molecule has 2 fully saturated rings. The number of aliphatic hydroxyl groups is 2. The van der Waals surface area contributed by atoms with Crippen molar-refractivity contribution < 1.29 is 47.2 Å². The first-order valence-electron chi connectivity index (χ1n) is 14.7. The molecule has 246 valence electrons. The summed E-state index contributed by atoms with van der Waals surface area (Å²) < 4.78 is 59.4. The van der Waals surface area contributed by atoms with E-state index in [-0.39, 0.29) is 41.5 Å². The van der Waals surface area contributed by atoms with E-state index in [1.807, 2.05) is 0 Å². The number of rotatable bonds is 12. The number of fused-ring (bicyclic) bond motifs is 1. The Morgan fingerprint density at radius 3 is 2.67 bits per heavy atom. The number of benzene rings is 1. The van der Waals surface area contributed by atoms with Crippen molar-refractivity contribution in [3.05, 3.63) is 36.7 Å². The number of para-hydroxylation sites is 1. The molecule has 0 bridgehead atoms. The number of nitrogens with one attached hydrogen (secondary N) is 1. The first-order valence-corrected chi connectivity index (χ1v) is 16.3. The van der Waals surface area contributed by atoms with Crippen LogP contribution in [0.1, 0.15) is 59.1 Å². The largest absolute Gasteiger partial charge is 0.476 e. The van der Waals surface area contributed by atoms with E-state index < -0.39 is 50.2 Å². The molecule has 1 aromatic carbocycles. The maximum atomic E-state index is 16.6. The zero-order valence-electron chi connectivity index (χ0n) is 25.2. The SMILES string of the molecule is CCOc1nc(N)nc2c1ncn2[C@@H]1O[C@](F)(COP(=O)(NC(C)C(=O)OC2CCCCC2)Oc2ccccc2)[C@@](C)(O)[C@H]1O. The Bertz CT molecular complexity index is 1540. The third-order valence-electron chi connectivity index (χ3n) is 7.80. The number of nitrogen functional groups attached to an aromatic ring is 1. The summed E-state index contributed by atoms with van der Waals surface area (Å²) in [5.74, 6) is -3.86. The minimum atomic E-state index is -4.55. The highest BCUT2D eigenvalue weighted by Crippen LogP contribution is 2.51. The second kappa shape index (κ2) is 13.1. The number of aliphatic hydroxyl groups excluding tert-OH is 1. The number of hydrogen-bond acceptors (Lipinski definition) is 13. The van der Waals surface area contributed by atoms with Crippen molar-refractivity contribution >= 4 is 30.8 Å². The second-order valence-electron chi connectivity index (χ2n) is 11.2. The van der Waals surface area contributed by atoms with E-state index in [1.165, 1.54) is 25.4 Å². The number of esters is 1. The lowest BCUT2D eigenvalue weighted by Crippen LogP contribution is -2.54. The molecule has 15 nitrogen and oxygen atoms in total. The monoisotopic (exact) mass is 652 g/mol. The number of nitrogens with two attached hydrogens (primary N) is 1. The molecule has 0 amide bonds. The van der Waals surface area contributed by atoms with Crippen LogP contribution in [0.5, 0.6) is 11.6 Å². The van der Waals surface area contributed by atoms with Gasteiger partial charge in [-0.05, 0) is 58.6 Å².